The molecule has 0 aliphatic carbocycles. The van der Waals surface area contributed by atoms with Crippen molar-refractivity contribution in [3.8, 4) is 0 Å². The number of carbonyl (C=O) groups is 2. The molecule has 2 aromatic carbocycles. The van der Waals surface area contributed by atoms with Gasteiger partial charge in [-0.1, -0.05) is 54.1 Å². The minimum absolute atomic E-state index is 0.238. The normalized spacial score (nSPS) is 15.5. The van der Waals surface area contributed by atoms with Gasteiger partial charge in [-0.2, -0.15) is 0 Å². The van der Waals surface area contributed by atoms with E-state index >= 15 is 0 Å². The fraction of sp³-hybridized carbons (Fsp3) is 0.238. The van der Waals surface area contributed by atoms with Crippen molar-refractivity contribution < 1.29 is 19.1 Å². The molecule has 27 heavy (non-hydrogen) atoms. The lowest BCUT2D eigenvalue weighted by molar-refractivity contribution is -0.159. The summed E-state index contributed by atoms with van der Waals surface area (Å²) in [6.45, 7) is 1.94. The lowest BCUT2D eigenvalue weighted by Gasteiger charge is -2.30. The van der Waals surface area contributed by atoms with Crippen molar-refractivity contribution in [1.29, 1.82) is 0 Å². The number of halogens is 1. The molecule has 0 unspecified atom stereocenters. The van der Waals surface area contributed by atoms with Crippen LogP contribution in [0, 0.1) is 0 Å². The Morgan fingerprint density at radius 1 is 1.04 bits per heavy atom. The molecule has 140 valence electrons. The number of benzene rings is 2. The maximum Gasteiger partial charge on any atom is 0.331 e. The summed E-state index contributed by atoms with van der Waals surface area (Å²) in [5.74, 6) is -0.821. The van der Waals surface area contributed by atoms with Crippen molar-refractivity contribution in [3.05, 3.63) is 76.8 Å². The van der Waals surface area contributed by atoms with E-state index in [4.69, 9.17) is 21.1 Å². The van der Waals surface area contributed by atoms with E-state index in [2.05, 4.69) is 0 Å². The number of rotatable bonds is 5. The van der Waals surface area contributed by atoms with Gasteiger partial charge in [0.25, 0.3) is 5.91 Å². The van der Waals surface area contributed by atoms with Crippen molar-refractivity contribution >= 4 is 29.6 Å². The van der Waals surface area contributed by atoms with Crippen molar-refractivity contribution in [2.75, 3.05) is 26.3 Å². The fourth-order valence-corrected chi connectivity index (χ4v) is 2.86. The van der Waals surface area contributed by atoms with Gasteiger partial charge in [0.15, 0.2) is 0 Å². The van der Waals surface area contributed by atoms with Crippen LogP contribution in [0.25, 0.3) is 6.08 Å². The molecule has 5 nitrogen and oxygen atoms in total. The molecule has 1 heterocycles. The van der Waals surface area contributed by atoms with Crippen LogP contribution in [0.1, 0.15) is 17.2 Å². The average molecular weight is 386 g/mol. The highest BCUT2D eigenvalue weighted by molar-refractivity contribution is 6.30. The second-order valence-electron chi connectivity index (χ2n) is 6.05. The first kappa shape index (κ1) is 19.1. The third-order valence-corrected chi connectivity index (χ3v) is 4.42. The molecule has 2 aromatic rings. The third kappa shape index (κ3) is 5.42. The largest absolute Gasteiger partial charge is 0.444 e. The Balaban J connectivity index is 1.73. The van der Waals surface area contributed by atoms with E-state index in [1.165, 1.54) is 6.08 Å². The fourth-order valence-electron chi connectivity index (χ4n) is 2.73. The zero-order valence-corrected chi connectivity index (χ0v) is 15.5. The van der Waals surface area contributed by atoms with Crippen LogP contribution in [-0.4, -0.2) is 43.1 Å². The highest BCUT2D eigenvalue weighted by Gasteiger charge is 2.29. The van der Waals surface area contributed by atoms with Crippen molar-refractivity contribution in [3.63, 3.8) is 0 Å². The van der Waals surface area contributed by atoms with Crippen molar-refractivity contribution in [2.45, 2.75) is 6.10 Å². The number of esters is 1. The van der Waals surface area contributed by atoms with E-state index in [-0.39, 0.29) is 5.91 Å². The van der Waals surface area contributed by atoms with Crippen LogP contribution in [0.3, 0.4) is 0 Å². The van der Waals surface area contributed by atoms with Gasteiger partial charge in [0.2, 0.25) is 6.10 Å². The quantitative estimate of drug-likeness (QED) is 0.584. The smallest absolute Gasteiger partial charge is 0.331 e. The zero-order valence-electron chi connectivity index (χ0n) is 14.7. The SMILES string of the molecule is O=C(/C=C/c1ccc(Cl)cc1)O[C@H](C(=O)N1CCOCC1)c1ccccc1. The van der Waals surface area contributed by atoms with Crippen LogP contribution in [0.5, 0.6) is 0 Å². The Kier molecular flexibility index (Phi) is 6.63. The number of ether oxygens (including phenoxy) is 2. The first-order chi connectivity index (χ1) is 13.1. The molecule has 1 atom stereocenters. The van der Waals surface area contributed by atoms with Gasteiger partial charge >= 0.3 is 5.97 Å². The highest BCUT2D eigenvalue weighted by atomic mass is 35.5. The molecular formula is C21H20ClNO4. The molecule has 1 aliphatic rings. The Bertz CT molecular complexity index is 799. The van der Waals surface area contributed by atoms with Gasteiger partial charge in [-0.3, -0.25) is 4.79 Å². The van der Waals surface area contributed by atoms with Crippen molar-refractivity contribution in [2.24, 2.45) is 0 Å². The summed E-state index contributed by atoms with van der Waals surface area (Å²) in [6.07, 6.45) is 1.96. The predicted octanol–water partition coefficient (Wildman–Crippen LogP) is 3.50. The summed E-state index contributed by atoms with van der Waals surface area (Å²) in [5.41, 5.74) is 1.45. The number of hydrogen-bond acceptors (Lipinski definition) is 4. The van der Waals surface area contributed by atoms with Gasteiger partial charge in [0.1, 0.15) is 0 Å². The average Bonchev–Trinajstić information content (AvgIpc) is 2.72. The Morgan fingerprint density at radius 2 is 1.70 bits per heavy atom. The van der Waals surface area contributed by atoms with E-state index in [9.17, 15) is 9.59 Å². The van der Waals surface area contributed by atoms with Crippen LogP contribution in [0.15, 0.2) is 60.7 Å². The van der Waals surface area contributed by atoms with Gasteiger partial charge in [-0.15, -0.1) is 0 Å². The predicted molar refractivity (Wildman–Crippen MR) is 103 cm³/mol. The standard InChI is InChI=1S/C21H20ClNO4/c22-18-9-6-16(7-10-18)8-11-19(24)27-20(17-4-2-1-3-5-17)21(25)23-12-14-26-15-13-23/h1-11,20H,12-15H2/b11-8+/t20-/m0/s1. The van der Waals surface area contributed by atoms with E-state index in [1.807, 2.05) is 18.2 Å². The second-order valence-corrected chi connectivity index (χ2v) is 6.49. The molecule has 3 rings (SSSR count). The second kappa shape index (κ2) is 9.35. The molecule has 0 spiro atoms. The summed E-state index contributed by atoms with van der Waals surface area (Å²) in [6, 6.07) is 16.1. The number of morpholine rings is 1. The third-order valence-electron chi connectivity index (χ3n) is 4.17. The molecule has 1 aliphatic heterocycles. The van der Waals surface area contributed by atoms with Crippen molar-refractivity contribution in [1.82, 2.24) is 4.90 Å². The molecule has 1 fully saturated rings. The van der Waals surface area contributed by atoms with Crippen LogP contribution >= 0.6 is 11.6 Å². The highest BCUT2D eigenvalue weighted by Crippen LogP contribution is 2.21. The Morgan fingerprint density at radius 3 is 2.37 bits per heavy atom. The molecule has 6 heteroatoms. The molecule has 0 saturated carbocycles. The number of amides is 1. The molecule has 0 bridgehead atoms. The maximum absolute atomic E-state index is 12.9. The minimum Gasteiger partial charge on any atom is -0.444 e. The first-order valence-corrected chi connectivity index (χ1v) is 9.07. The van der Waals surface area contributed by atoms with Crippen LogP contribution in [0.2, 0.25) is 5.02 Å². The summed E-state index contributed by atoms with van der Waals surface area (Å²) in [4.78, 5) is 26.9. The van der Waals surface area contributed by atoms with Crippen LogP contribution in [-0.2, 0) is 19.1 Å². The lowest BCUT2D eigenvalue weighted by Crippen LogP contribution is -2.44. The number of carbonyl (C=O) groups excluding carboxylic acids is 2. The minimum atomic E-state index is -0.980. The summed E-state index contributed by atoms with van der Waals surface area (Å²) in [5, 5.41) is 0.620. The Labute approximate surface area is 163 Å². The Hall–Kier alpha value is -2.63. The van der Waals surface area contributed by atoms with E-state index in [0.717, 1.165) is 5.56 Å². The first-order valence-electron chi connectivity index (χ1n) is 8.69. The van der Waals surface area contributed by atoms with Gasteiger partial charge in [0, 0.05) is 29.8 Å². The number of hydrogen-bond donors (Lipinski definition) is 0. The molecule has 1 saturated heterocycles. The number of nitrogens with zero attached hydrogens (tertiary/aromatic N) is 1. The molecular weight excluding hydrogens is 366 g/mol. The molecule has 0 N–H and O–H groups in total. The van der Waals surface area contributed by atoms with E-state index in [0.29, 0.717) is 36.9 Å². The summed E-state index contributed by atoms with van der Waals surface area (Å²) in [7, 11) is 0. The van der Waals surface area contributed by atoms with E-state index < -0.39 is 12.1 Å². The van der Waals surface area contributed by atoms with E-state index in [1.54, 1.807) is 47.4 Å². The van der Waals surface area contributed by atoms with Gasteiger partial charge in [0.05, 0.1) is 13.2 Å². The molecule has 0 aromatic heterocycles. The molecule has 1 amide bonds. The van der Waals surface area contributed by atoms with Crippen LogP contribution < -0.4 is 0 Å². The van der Waals surface area contributed by atoms with Crippen LogP contribution in [0.4, 0.5) is 0 Å². The monoisotopic (exact) mass is 385 g/mol. The zero-order chi connectivity index (χ0) is 19.1. The lowest BCUT2D eigenvalue weighted by atomic mass is 10.1. The topological polar surface area (TPSA) is 55.8 Å². The maximum atomic E-state index is 12.9. The summed E-state index contributed by atoms with van der Waals surface area (Å²) < 4.78 is 10.8. The van der Waals surface area contributed by atoms with Gasteiger partial charge in [-0.25, -0.2) is 4.79 Å². The summed E-state index contributed by atoms with van der Waals surface area (Å²) >= 11 is 5.85. The molecule has 0 radical (unpaired) electrons. The van der Waals surface area contributed by atoms with Gasteiger partial charge in [-0.05, 0) is 23.8 Å². The van der Waals surface area contributed by atoms with Gasteiger partial charge < -0.3 is 14.4 Å².